The van der Waals surface area contributed by atoms with Gasteiger partial charge in [0.15, 0.2) is 9.84 Å². The van der Waals surface area contributed by atoms with E-state index < -0.39 is 22.2 Å². The molecule has 0 bridgehead atoms. The van der Waals surface area contributed by atoms with Crippen molar-refractivity contribution in [3.8, 4) is 0 Å². The van der Waals surface area contributed by atoms with E-state index in [2.05, 4.69) is 9.80 Å². The van der Waals surface area contributed by atoms with E-state index in [-0.39, 0.29) is 0 Å². The van der Waals surface area contributed by atoms with Gasteiger partial charge in [-0.05, 0) is 49.8 Å². The summed E-state index contributed by atoms with van der Waals surface area (Å²) in [5.74, 6) is 0.135. The third-order valence-electron chi connectivity index (χ3n) is 5.75. The van der Waals surface area contributed by atoms with Crippen LogP contribution in [0.2, 0.25) is 0 Å². The van der Waals surface area contributed by atoms with Gasteiger partial charge in [-0.1, -0.05) is 6.07 Å². The zero-order chi connectivity index (χ0) is 18.7. The molecule has 0 N–H and O–H groups in total. The highest BCUT2D eigenvalue weighted by molar-refractivity contribution is 7.90. The average molecular weight is 387 g/mol. The number of nitrogens with zero attached hydrogens (tertiary/aromatic N) is 2. The lowest BCUT2D eigenvalue weighted by atomic mass is 9.82. The Balaban J connectivity index is 1.49. The van der Waals surface area contributed by atoms with Crippen LogP contribution < -0.4 is 4.90 Å². The maximum atomic E-state index is 12.8. The Bertz CT molecular complexity index is 695. The number of piperazine rings is 1. The van der Waals surface area contributed by atoms with E-state index in [0.29, 0.717) is 23.7 Å². The number of benzene rings is 1. The molecule has 0 radical (unpaired) electrons. The molecule has 1 heterocycles. The fourth-order valence-corrected chi connectivity index (χ4v) is 4.75. The molecule has 4 nitrogen and oxygen atoms in total. The first kappa shape index (κ1) is 19.5. The van der Waals surface area contributed by atoms with E-state index in [1.807, 2.05) is 6.07 Å². The lowest BCUT2D eigenvalue weighted by molar-refractivity contribution is 0.0415. The third-order valence-corrected chi connectivity index (χ3v) is 6.86. The first-order valence-electron chi connectivity index (χ1n) is 9.38. The van der Waals surface area contributed by atoms with Gasteiger partial charge in [-0.25, -0.2) is 17.2 Å². The molecule has 0 aromatic heterocycles. The Hall–Kier alpha value is -1.21. The summed E-state index contributed by atoms with van der Waals surface area (Å²) in [7, 11) is -3.20. The molecule has 1 aromatic rings. The minimum absolute atomic E-state index is 0.355. The van der Waals surface area contributed by atoms with Crippen molar-refractivity contribution in [1.82, 2.24) is 4.90 Å². The van der Waals surface area contributed by atoms with Crippen molar-refractivity contribution in [1.29, 1.82) is 0 Å². The monoisotopic (exact) mass is 386 g/mol. The second kappa shape index (κ2) is 8.21. The van der Waals surface area contributed by atoms with Crippen molar-refractivity contribution in [2.75, 3.05) is 43.9 Å². The third kappa shape index (κ3) is 4.94. The molecule has 0 spiro atoms. The predicted molar refractivity (Wildman–Crippen MR) is 99.7 cm³/mol. The van der Waals surface area contributed by atoms with Crippen molar-refractivity contribution < 1.29 is 17.2 Å². The Kier molecular flexibility index (Phi) is 6.17. The zero-order valence-electron chi connectivity index (χ0n) is 15.3. The molecule has 1 saturated heterocycles. The van der Waals surface area contributed by atoms with Crippen LogP contribution in [-0.4, -0.2) is 58.7 Å². The molecule has 26 heavy (non-hydrogen) atoms. The average Bonchev–Trinajstić information content (AvgIpc) is 2.62. The lowest BCUT2D eigenvalue weighted by Gasteiger charge is -2.39. The van der Waals surface area contributed by atoms with Gasteiger partial charge in [0, 0.05) is 50.6 Å². The first-order valence-corrected chi connectivity index (χ1v) is 11.3. The van der Waals surface area contributed by atoms with Crippen molar-refractivity contribution >= 4 is 15.5 Å². The molecule has 3 rings (SSSR count). The number of rotatable bonds is 5. The smallest absolute Gasteiger partial charge is 0.241 e. The fourth-order valence-electron chi connectivity index (χ4n) is 4.09. The summed E-state index contributed by atoms with van der Waals surface area (Å²) >= 11 is 0. The van der Waals surface area contributed by atoms with Crippen LogP contribution in [0.25, 0.3) is 0 Å². The first-order chi connectivity index (χ1) is 12.3. The van der Waals surface area contributed by atoms with Gasteiger partial charge in [0.2, 0.25) is 6.43 Å². The molecule has 1 saturated carbocycles. The molecule has 0 unspecified atom stereocenters. The Morgan fingerprint density at radius 3 is 2.31 bits per heavy atom. The SMILES string of the molecule is CS(=O)(=O)c1cccc(N2CCN(CC3CCC(C(F)F)CC3)CC2)c1. The number of anilines is 1. The summed E-state index contributed by atoms with van der Waals surface area (Å²) in [5, 5.41) is 0. The van der Waals surface area contributed by atoms with Crippen LogP contribution in [-0.2, 0) is 9.84 Å². The molecule has 1 aliphatic carbocycles. The summed E-state index contributed by atoms with van der Waals surface area (Å²) < 4.78 is 49.0. The van der Waals surface area contributed by atoms with Gasteiger partial charge >= 0.3 is 0 Å². The molecule has 7 heteroatoms. The Morgan fingerprint density at radius 1 is 1.08 bits per heavy atom. The highest BCUT2D eigenvalue weighted by atomic mass is 32.2. The summed E-state index contributed by atoms with van der Waals surface area (Å²) in [4.78, 5) is 5.00. The van der Waals surface area contributed by atoms with Crippen LogP contribution in [0.4, 0.5) is 14.5 Å². The van der Waals surface area contributed by atoms with Gasteiger partial charge in [-0.2, -0.15) is 0 Å². The van der Waals surface area contributed by atoms with Gasteiger partial charge < -0.3 is 4.90 Å². The Labute approximate surface area is 155 Å². The summed E-state index contributed by atoms with van der Waals surface area (Å²) in [6.45, 7) is 4.57. The molecule has 2 aliphatic rings. The molecule has 1 aliphatic heterocycles. The second-order valence-corrected chi connectivity index (χ2v) is 9.69. The van der Waals surface area contributed by atoms with Crippen LogP contribution in [0.1, 0.15) is 25.7 Å². The van der Waals surface area contributed by atoms with Crippen LogP contribution in [0.5, 0.6) is 0 Å². The van der Waals surface area contributed by atoms with Crippen LogP contribution in [0.15, 0.2) is 29.2 Å². The minimum atomic E-state index is -3.20. The van der Waals surface area contributed by atoms with Crippen molar-refractivity contribution in [3.63, 3.8) is 0 Å². The van der Waals surface area contributed by atoms with Crippen LogP contribution >= 0.6 is 0 Å². The van der Waals surface area contributed by atoms with E-state index in [0.717, 1.165) is 51.3 Å². The molecule has 0 atom stereocenters. The molecule has 2 fully saturated rings. The van der Waals surface area contributed by atoms with E-state index in [1.165, 1.54) is 6.26 Å². The Morgan fingerprint density at radius 2 is 1.73 bits per heavy atom. The number of hydrogen-bond donors (Lipinski definition) is 0. The van der Waals surface area contributed by atoms with E-state index in [1.54, 1.807) is 18.2 Å². The lowest BCUT2D eigenvalue weighted by Crippen LogP contribution is -2.48. The summed E-state index contributed by atoms with van der Waals surface area (Å²) in [6.07, 6.45) is 2.19. The van der Waals surface area contributed by atoms with Crippen LogP contribution in [0, 0.1) is 11.8 Å². The van der Waals surface area contributed by atoms with Crippen molar-refractivity contribution in [3.05, 3.63) is 24.3 Å². The summed E-state index contributed by atoms with van der Waals surface area (Å²) in [6, 6.07) is 7.12. The number of hydrogen-bond acceptors (Lipinski definition) is 4. The predicted octanol–water partition coefficient (Wildman–Crippen LogP) is 3.28. The zero-order valence-corrected chi connectivity index (χ0v) is 16.1. The van der Waals surface area contributed by atoms with E-state index in [4.69, 9.17) is 0 Å². The van der Waals surface area contributed by atoms with Crippen LogP contribution in [0.3, 0.4) is 0 Å². The van der Waals surface area contributed by atoms with Gasteiger partial charge in [-0.3, -0.25) is 4.90 Å². The molecule has 146 valence electrons. The van der Waals surface area contributed by atoms with Gasteiger partial charge in [0.1, 0.15) is 0 Å². The maximum absolute atomic E-state index is 12.8. The quantitative estimate of drug-likeness (QED) is 0.779. The van der Waals surface area contributed by atoms with Gasteiger partial charge in [-0.15, -0.1) is 0 Å². The highest BCUT2D eigenvalue weighted by Gasteiger charge is 2.29. The number of sulfone groups is 1. The van der Waals surface area contributed by atoms with Gasteiger partial charge in [0.05, 0.1) is 4.90 Å². The highest BCUT2D eigenvalue weighted by Crippen LogP contribution is 2.33. The number of alkyl halides is 2. The maximum Gasteiger partial charge on any atom is 0.241 e. The van der Waals surface area contributed by atoms with E-state index in [9.17, 15) is 17.2 Å². The minimum Gasteiger partial charge on any atom is -0.369 e. The number of halogens is 2. The van der Waals surface area contributed by atoms with Gasteiger partial charge in [0.25, 0.3) is 0 Å². The fraction of sp³-hybridized carbons (Fsp3) is 0.684. The topological polar surface area (TPSA) is 40.6 Å². The van der Waals surface area contributed by atoms with Crippen molar-refractivity contribution in [2.45, 2.75) is 37.0 Å². The standard InChI is InChI=1S/C19H28F2N2O2S/c1-26(24,25)18-4-2-3-17(13-18)23-11-9-22(10-12-23)14-15-5-7-16(8-6-15)19(20)21/h2-4,13,15-16,19H,5-12,14H2,1H3. The molecule has 0 amide bonds. The van der Waals surface area contributed by atoms with Crippen molar-refractivity contribution in [2.24, 2.45) is 11.8 Å². The largest absolute Gasteiger partial charge is 0.369 e. The van der Waals surface area contributed by atoms with E-state index >= 15 is 0 Å². The normalized spacial score (nSPS) is 25.6. The molecule has 1 aromatic carbocycles. The molecular formula is C19H28F2N2O2S. The molecular weight excluding hydrogens is 358 g/mol. The summed E-state index contributed by atoms with van der Waals surface area (Å²) in [5.41, 5.74) is 0.949. The second-order valence-electron chi connectivity index (χ2n) is 7.67.